The summed E-state index contributed by atoms with van der Waals surface area (Å²) < 4.78 is 1.18. The van der Waals surface area contributed by atoms with Gasteiger partial charge in [-0.25, -0.2) is 4.79 Å². The molecule has 2 N–H and O–H groups in total. The number of carboxylic acid groups (broad SMARTS) is 1. The van der Waals surface area contributed by atoms with Crippen LogP contribution < -0.4 is 0 Å². The number of carboxylic acids is 1. The lowest BCUT2D eigenvalue weighted by Gasteiger charge is -2.05. The number of hydrogen-bond acceptors (Lipinski definition) is 2. The highest BCUT2D eigenvalue weighted by molar-refractivity contribution is 14.1. The number of carbonyl (C=O) groups is 1. The van der Waals surface area contributed by atoms with E-state index in [0.29, 0.717) is 12.8 Å². The van der Waals surface area contributed by atoms with Gasteiger partial charge < -0.3 is 10.2 Å². The molecule has 1 unspecified atom stereocenters. The zero-order chi connectivity index (χ0) is 11.3. The third-order valence-corrected chi connectivity index (χ3v) is 2.86. The Hall–Kier alpha value is -0.620. The van der Waals surface area contributed by atoms with Crippen molar-refractivity contribution in [3.63, 3.8) is 0 Å². The first-order chi connectivity index (χ1) is 7.09. The Bertz CT molecular complexity index is 321. The summed E-state index contributed by atoms with van der Waals surface area (Å²) in [5.41, 5.74) is 1.17. The zero-order valence-electron chi connectivity index (χ0n) is 8.19. The van der Waals surface area contributed by atoms with Crippen LogP contribution in [0.1, 0.15) is 18.4 Å². The molecule has 0 aromatic heterocycles. The van der Waals surface area contributed by atoms with E-state index in [2.05, 4.69) is 22.6 Å². The van der Waals surface area contributed by atoms with Gasteiger partial charge in [0.2, 0.25) is 0 Å². The minimum absolute atomic E-state index is 0.307. The summed E-state index contributed by atoms with van der Waals surface area (Å²) in [6, 6.07) is 8.08. The Morgan fingerprint density at radius 2 is 1.93 bits per heavy atom. The van der Waals surface area contributed by atoms with E-state index in [1.54, 1.807) is 0 Å². The van der Waals surface area contributed by atoms with Gasteiger partial charge in [0.1, 0.15) is 0 Å². The lowest BCUT2D eigenvalue weighted by atomic mass is 10.1. The van der Waals surface area contributed by atoms with Crippen LogP contribution in [0, 0.1) is 3.57 Å². The average Bonchev–Trinajstić information content (AvgIpc) is 2.20. The highest BCUT2D eigenvalue weighted by Crippen LogP contribution is 2.10. The van der Waals surface area contributed by atoms with E-state index < -0.39 is 12.1 Å². The van der Waals surface area contributed by atoms with E-state index in [1.165, 1.54) is 9.13 Å². The summed E-state index contributed by atoms with van der Waals surface area (Å²) in [6.45, 7) is 0. The number of aliphatic hydroxyl groups excluding tert-OH is 1. The van der Waals surface area contributed by atoms with Gasteiger partial charge in [0.05, 0.1) is 0 Å². The molecule has 1 aromatic rings. The minimum atomic E-state index is -1.23. The normalized spacial score (nSPS) is 12.4. The molecule has 82 valence electrons. The van der Waals surface area contributed by atoms with Gasteiger partial charge in [-0.3, -0.25) is 0 Å². The van der Waals surface area contributed by atoms with Crippen molar-refractivity contribution < 1.29 is 15.0 Å². The first kappa shape index (κ1) is 12.4. The van der Waals surface area contributed by atoms with Gasteiger partial charge >= 0.3 is 5.97 Å². The number of halogens is 1. The van der Waals surface area contributed by atoms with Gasteiger partial charge in [-0.05, 0) is 59.5 Å². The van der Waals surface area contributed by atoms with Crippen molar-refractivity contribution in [1.82, 2.24) is 0 Å². The third-order valence-electron chi connectivity index (χ3n) is 2.14. The third kappa shape index (κ3) is 4.61. The van der Waals surface area contributed by atoms with Crippen LogP contribution >= 0.6 is 22.6 Å². The van der Waals surface area contributed by atoms with E-state index in [9.17, 15) is 4.79 Å². The highest BCUT2D eigenvalue weighted by atomic mass is 127. The summed E-state index contributed by atoms with van der Waals surface area (Å²) in [4.78, 5) is 10.3. The molecule has 1 rings (SSSR count). The van der Waals surface area contributed by atoms with Crippen molar-refractivity contribution >= 4 is 28.6 Å². The average molecular weight is 320 g/mol. The largest absolute Gasteiger partial charge is 0.479 e. The molecule has 0 aliphatic heterocycles. The molecule has 1 atom stereocenters. The molecule has 0 saturated heterocycles. The number of hydrogen-bond donors (Lipinski definition) is 2. The van der Waals surface area contributed by atoms with Crippen molar-refractivity contribution in [3.05, 3.63) is 33.4 Å². The maximum absolute atomic E-state index is 10.3. The quantitative estimate of drug-likeness (QED) is 0.817. The summed E-state index contributed by atoms with van der Waals surface area (Å²) in [5, 5.41) is 17.5. The maximum Gasteiger partial charge on any atom is 0.332 e. The predicted molar refractivity (Wildman–Crippen MR) is 65.7 cm³/mol. The lowest BCUT2D eigenvalue weighted by molar-refractivity contribution is -0.146. The van der Waals surface area contributed by atoms with E-state index >= 15 is 0 Å². The molecule has 0 fully saturated rings. The molecule has 3 nitrogen and oxygen atoms in total. The maximum atomic E-state index is 10.3. The van der Waals surface area contributed by atoms with Gasteiger partial charge in [-0.1, -0.05) is 12.1 Å². The summed E-state index contributed by atoms with van der Waals surface area (Å²) in [6.07, 6.45) is 0.574. The van der Waals surface area contributed by atoms with E-state index in [4.69, 9.17) is 10.2 Å². The number of rotatable bonds is 5. The van der Waals surface area contributed by atoms with Crippen molar-refractivity contribution in [2.24, 2.45) is 0 Å². The molecular formula is C11H13IO3. The number of aliphatic carboxylic acids is 1. The summed E-state index contributed by atoms with van der Waals surface area (Å²) in [7, 11) is 0. The SMILES string of the molecule is O=C(O)C(O)CCCc1ccc(I)cc1. The summed E-state index contributed by atoms with van der Waals surface area (Å²) >= 11 is 2.24. The summed E-state index contributed by atoms with van der Waals surface area (Å²) in [5.74, 6) is -1.14. The molecule has 0 bridgehead atoms. The molecule has 4 heteroatoms. The van der Waals surface area contributed by atoms with Crippen molar-refractivity contribution in [2.75, 3.05) is 0 Å². The first-order valence-electron chi connectivity index (χ1n) is 4.75. The molecule has 0 spiro atoms. The van der Waals surface area contributed by atoms with Gasteiger partial charge in [0.15, 0.2) is 6.10 Å². The van der Waals surface area contributed by atoms with Crippen molar-refractivity contribution in [3.8, 4) is 0 Å². The highest BCUT2D eigenvalue weighted by Gasteiger charge is 2.11. The molecule has 15 heavy (non-hydrogen) atoms. The Labute approximate surface area is 102 Å². The molecule has 0 amide bonds. The smallest absolute Gasteiger partial charge is 0.332 e. The monoisotopic (exact) mass is 320 g/mol. The second-order valence-electron chi connectivity index (χ2n) is 3.37. The fourth-order valence-corrected chi connectivity index (χ4v) is 1.63. The second-order valence-corrected chi connectivity index (χ2v) is 4.62. The van der Waals surface area contributed by atoms with E-state index in [1.807, 2.05) is 24.3 Å². The van der Waals surface area contributed by atoms with E-state index in [0.717, 1.165) is 6.42 Å². The molecule has 0 heterocycles. The Morgan fingerprint density at radius 1 is 1.33 bits per heavy atom. The number of aryl methyl sites for hydroxylation is 1. The number of aliphatic hydroxyl groups is 1. The predicted octanol–water partition coefficient (Wildman–Crippen LogP) is 2.06. The molecule has 0 saturated carbocycles. The van der Waals surface area contributed by atoms with Gasteiger partial charge in [0, 0.05) is 3.57 Å². The van der Waals surface area contributed by atoms with Crippen LogP contribution in [0.15, 0.2) is 24.3 Å². The van der Waals surface area contributed by atoms with E-state index in [-0.39, 0.29) is 0 Å². The Balaban J connectivity index is 2.32. The van der Waals surface area contributed by atoms with Crippen LogP contribution in [-0.4, -0.2) is 22.3 Å². The van der Waals surface area contributed by atoms with Crippen LogP contribution in [0.25, 0.3) is 0 Å². The van der Waals surface area contributed by atoms with Gasteiger partial charge in [0.25, 0.3) is 0 Å². The molecule has 0 radical (unpaired) electrons. The first-order valence-corrected chi connectivity index (χ1v) is 5.83. The Morgan fingerprint density at radius 3 is 2.47 bits per heavy atom. The second kappa shape index (κ2) is 6.07. The topological polar surface area (TPSA) is 57.5 Å². The fraction of sp³-hybridized carbons (Fsp3) is 0.364. The van der Waals surface area contributed by atoms with Crippen LogP contribution in [0.2, 0.25) is 0 Å². The molecule has 1 aromatic carbocycles. The van der Waals surface area contributed by atoms with Crippen LogP contribution in [-0.2, 0) is 11.2 Å². The number of benzene rings is 1. The van der Waals surface area contributed by atoms with Gasteiger partial charge in [-0.2, -0.15) is 0 Å². The van der Waals surface area contributed by atoms with Crippen LogP contribution in [0.3, 0.4) is 0 Å². The fourth-order valence-electron chi connectivity index (χ4n) is 1.27. The minimum Gasteiger partial charge on any atom is -0.479 e. The molecular weight excluding hydrogens is 307 g/mol. The van der Waals surface area contributed by atoms with Crippen molar-refractivity contribution in [1.29, 1.82) is 0 Å². The molecule has 0 aliphatic carbocycles. The van der Waals surface area contributed by atoms with Crippen LogP contribution in [0.5, 0.6) is 0 Å². The van der Waals surface area contributed by atoms with Crippen LogP contribution in [0.4, 0.5) is 0 Å². The van der Waals surface area contributed by atoms with Gasteiger partial charge in [-0.15, -0.1) is 0 Å². The van der Waals surface area contributed by atoms with Crippen molar-refractivity contribution in [2.45, 2.75) is 25.4 Å². The Kier molecular flexibility index (Phi) is 5.04. The molecule has 0 aliphatic rings. The lowest BCUT2D eigenvalue weighted by Crippen LogP contribution is -2.19. The standard InChI is InChI=1S/C11H13IO3/c12-9-6-4-8(5-7-9)2-1-3-10(13)11(14)15/h4-7,10,13H,1-3H2,(H,14,15). The zero-order valence-corrected chi connectivity index (χ0v) is 10.3.